The van der Waals surface area contributed by atoms with E-state index in [4.69, 9.17) is 0 Å². The van der Waals surface area contributed by atoms with Crippen LogP contribution in [0.25, 0.3) is 0 Å². The van der Waals surface area contributed by atoms with E-state index in [9.17, 15) is 13.6 Å². The minimum absolute atomic E-state index is 0.123. The third kappa shape index (κ3) is 3.91. The Hall–Kier alpha value is -2.43. The molecule has 3 rings (SSSR count). The molecule has 0 aliphatic carbocycles. The number of hydrogen-bond acceptors (Lipinski definition) is 2. The van der Waals surface area contributed by atoms with Gasteiger partial charge in [0.25, 0.3) is 5.91 Å². The summed E-state index contributed by atoms with van der Waals surface area (Å²) in [5, 5.41) is 2.73. The molecule has 1 aliphatic heterocycles. The molecule has 2 aromatic carbocycles. The molecule has 0 atom stereocenters. The van der Waals surface area contributed by atoms with Gasteiger partial charge in [-0.1, -0.05) is 12.1 Å². The first-order valence-electron chi connectivity index (χ1n) is 8.20. The van der Waals surface area contributed by atoms with Gasteiger partial charge in [0.2, 0.25) is 0 Å². The van der Waals surface area contributed by atoms with Crippen LogP contribution >= 0.6 is 0 Å². The fraction of sp³-hybridized carbons (Fsp3) is 0.316. The number of carbonyl (C=O) groups is 1. The molecule has 1 N–H and O–H groups in total. The van der Waals surface area contributed by atoms with Crippen molar-refractivity contribution < 1.29 is 13.6 Å². The van der Waals surface area contributed by atoms with Crippen LogP contribution < -0.4 is 10.2 Å². The Kier molecular flexibility index (Phi) is 5.08. The van der Waals surface area contributed by atoms with Crippen LogP contribution in [0, 0.1) is 11.6 Å². The molecule has 2 aromatic rings. The van der Waals surface area contributed by atoms with Crippen molar-refractivity contribution in [3.05, 3.63) is 65.2 Å². The highest BCUT2D eigenvalue weighted by molar-refractivity contribution is 5.94. The van der Waals surface area contributed by atoms with Gasteiger partial charge in [-0.3, -0.25) is 4.79 Å². The number of halogens is 2. The Morgan fingerprint density at radius 1 is 1.00 bits per heavy atom. The number of amides is 1. The maximum Gasteiger partial charge on any atom is 0.251 e. The fourth-order valence-electron chi connectivity index (χ4n) is 2.91. The molecule has 1 heterocycles. The van der Waals surface area contributed by atoms with Crippen LogP contribution in [0.2, 0.25) is 0 Å². The highest BCUT2D eigenvalue weighted by Crippen LogP contribution is 2.20. The normalized spacial score (nSPS) is 14.0. The zero-order valence-electron chi connectivity index (χ0n) is 13.4. The van der Waals surface area contributed by atoms with Crippen LogP contribution in [0.5, 0.6) is 0 Å². The highest BCUT2D eigenvalue weighted by Gasteiger charge is 2.12. The summed E-state index contributed by atoms with van der Waals surface area (Å²) in [5.74, 6) is -2.37. The van der Waals surface area contributed by atoms with Gasteiger partial charge in [0.05, 0.1) is 0 Å². The average Bonchev–Trinajstić information content (AvgIpc) is 3.12. The van der Waals surface area contributed by atoms with Gasteiger partial charge in [-0.15, -0.1) is 0 Å². The Morgan fingerprint density at radius 2 is 1.71 bits per heavy atom. The van der Waals surface area contributed by atoms with Crippen LogP contribution in [-0.4, -0.2) is 25.5 Å². The maximum atomic E-state index is 13.1. The van der Waals surface area contributed by atoms with Gasteiger partial charge in [-0.2, -0.15) is 0 Å². The van der Waals surface area contributed by atoms with Crippen molar-refractivity contribution >= 4 is 11.6 Å². The number of nitrogens with one attached hydrogen (secondary N) is 1. The van der Waals surface area contributed by atoms with E-state index in [-0.39, 0.29) is 5.56 Å². The first kappa shape index (κ1) is 16.4. The van der Waals surface area contributed by atoms with Crippen molar-refractivity contribution in [2.24, 2.45) is 0 Å². The molecule has 1 amide bonds. The quantitative estimate of drug-likeness (QED) is 0.909. The zero-order valence-corrected chi connectivity index (χ0v) is 13.4. The Morgan fingerprint density at radius 3 is 2.38 bits per heavy atom. The van der Waals surface area contributed by atoms with E-state index in [1.807, 2.05) is 0 Å². The molecule has 3 nitrogen and oxygen atoms in total. The molecule has 1 saturated heterocycles. The van der Waals surface area contributed by atoms with Crippen molar-refractivity contribution in [1.29, 1.82) is 0 Å². The highest BCUT2D eigenvalue weighted by atomic mass is 19.2. The Labute approximate surface area is 140 Å². The van der Waals surface area contributed by atoms with Crippen LogP contribution in [0.15, 0.2) is 42.5 Å². The molecule has 0 bridgehead atoms. The van der Waals surface area contributed by atoms with Gasteiger partial charge in [0.15, 0.2) is 11.6 Å². The third-order valence-electron chi connectivity index (χ3n) is 4.29. The van der Waals surface area contributed by atoms with Crippen molar-refractivity contribution in [3.8, 4) is 0 Å². The van der Waals surface area contributed by atoms with E-state index < -0.39 is 17.5 Å². The lowest BCUT2D eigenvalue weighted by atomic mass is 10.1. The molecule has 1 aliphatic rings. The Bertz CT molecular complexity index is 710. The Balaban J connectivity index is 1.50. The van der Waals surface area contributed by atoms with Crippen molar-refractivity contribution in [2.75, 3.05) is 24.5 Å². The monoisotopic (exact) mass is 330 g/mol. The molecule has 24 heavy (non-hydrogen) atoms. The topological polar surface area (TPSA) is 32.3 Å². The second-order valence-electron chi connectivity index (χ2n) is 6.00. The van der Waals surface area contributed by atoms with Crippen molar-refractivity contribution in [2.45, 2.75) is 19.3 Å². The minimum atomic E-state index is -1.01. The summed E-state index contributed by atoms with van der Waals surface area (Å²) in [5.41, 5.74) is 2.49. The van der Waals surface area contributed by atoms with Crippen LogP contribution in [0.4, 0.5) is 14.5 Å². The van der Waals surface area contributed by atoms with Crippen LogP contribution in [0.1, 0.15) is 28.8 Å². The largest absolute Gasteiger partial charge is 0.372 e. The fourth-order valence-corrected chi connectivity index (χ4v) is 2.91. The van der Waals surface area contributed by atoms with Gasteiger partial charge in [0.1, 0.15) is 0 Å². The van der Waals surface area contributed by atoms with E-state index in [2.05, 4.69) is 34.5 Å². The van der Waals surface area contributed by atoms with Crippen molar-refractivity contribution in [1.82, 2.24) is 5.32 Å². The van der Waals surface area contributed by atoms with Gasteiger partial charge >= 0.3 is 0 Å². The second kappa shape index (κ2) is 7.43. The SMILES string of the molecule is O=C(NCCc1ccc(N2CCCC2)cc1)c1ccc(F)c(F)c1. The molecular weight excluding hydrogens is 310 g/mol. The summed E-state index contributed by atoms with van der Waals surface area (Å²) in [4.78, 5) is 14.3. The van der Waals surface area contributed by atoms with Gasteiger partial charge in [-0.25, -0.2) is 8.78 Å². The number of nitrogens with zero attached hydrogens (tertiary/aromatic N) is 1. The van der Waals surface area contributed by atoms with Crippen molar-refractivity contribution in [3.63, 3.8) is 0 Å². The summed E-state index contributed by atoms with van der Waals surface area (Å²) >= 11 is 0. The molecule has 5 heteroatoms. The van der Waals surface area contributed by atoms with E-state index in [1.54, 1.807) is 0 Å². The van der Waals surface area contributed by atoms with Crippen LogP contribution in [0.3, 0.4) is 0 Å². The molecule has 1 fully saturated rings. The number of benzene rings is 2. The summed E-state index contributed by atoms with van der Waals surface area (Å²) in [6, 6.07) is 11.5. The molecule has 126 valence electrons. The zero-order chi connectivity index (χ0) is 16.9. The smallest absolute Gasteiger partial charge is 0.251 e. The van der Waals surface area contributed by atoms with Gasteiger partial charge in [-0.05, 0) is 55.2 Å². The van der Waals surface area contributed by atoms with E-state index in [0.717, 1.165) is 30.8 Å². The molecule has 0 aromatic heterocycles. The molecule has 0 saturated carbocycles. The van der Waals surface area contributed by atoms with E-state index in [0.29, 0.717) is 13.0 Å². The third-order valence-corrected chi connectivity index (χ3v) is 4.29. The standard InChI is InChI=1S/C19H20F2N2O/c20-17-8-5-15(13-18(17)21)19(24)22-10-9-14-3-6-16(7-4-14)23-11-1-2-12-23/h3-8,13H,1-2,9-12H2,(H,22,24). The molecule has 0 unspecified atom stereocenters. The van der Waals surface area contributed by atoms with E-state index >= 15 is 0 Å². The molecule has 0 spiro atoms. The number of hydrogen-bond donors (Lipinski definition) is 1. The predicted octanol–water partition coefficient (Wildman–Crippen LogP) is 3.54. The first-order valence-corrected chi connectivity index (χ1v) is 8.20. The summed E-state index contributed by atoms with van der Waals surface area (Å²) in [6.45, 7) is 2.67. The van der Waals surface area contributed by atoms with E-state index in [1.165, 1.54) is 24.6 Å². The lowest BCUT2D eigenvalue weighted by molar-refractivity contribution is 0.0953. The lowest BCUT2D eigenvalue weighted by Gasteiger charge is -2.17. The summed E-state index contributed by atoms with van der Waals surface area (Å²) in [6.07, 6.45) is 3.19. The maximum absolute atomic E-state index is 13.1. The van der Waals surface area contributed by atoms with Gasteiger partial charge in [0, 0.05) is 30.9 Å². The summed E-state index contributed by atoms with van der Waals surface area (Å²) < 4.78 is 26.0. The van der Waals surface area contributed by atoms with Gasteiger partial charge < -0.3 is 10.2 Å². The molecule has 0 radical (unpaired) electrons. The minimum Gasteiger partial charge on any atom is -0.372 e. The number of carbonyl (C=O) groups excluding carboxylic acids is 1. The molecular formula is C19H20F2N2O. The first-order chi connectivity index (χ1) is 11.6. The predicted molar refractivity (Wildman–Crippen MR) is 90.3 cm³/mol. The number of rotatable bonds is 5. The summed E-state index contributed by atoms with van der Waals surface area (Å²) in [7, 11) is 0. The lowest BCUT2D eigenvalue weighted by Crippen LogP contribution is -2.25. The van der Waals surface area contributed by atoms with Crippen LogP contribution in [-0.2, 0) is 6.42 Å². The average molecular weight is 330 g/mol. The second-order valence-corrected chi connectivity index (χ2v) is 6.00. The number of anilines is 1.